The maximum absolute atomic E-state index is 14.2. The quantitative estimate of drug-likeness (QED) is 0.708. The molecule has 1 aliphatic carbocycles. The number of benzene rings is 1. The van der Waals surface area contributed by atoms with Crippen LogP contribution in [0.4, 0.5) is 4.39 Å². The van der Waals surface area contributed by atoms with Crippen molar-refractivity contribution in [2.45, 2.75) is 31.8 Å². The van der Waals surface area contributed by atoms with Gasteiger partial charge in [-0.05, 0) is 55.8 Å². The molecule has 2 aliphatic heterocycles. The van der Waals surface area contributed by atoms with E-state index in [1.165, 1.54) is 6.07 Å². The molecule has 3 atom stereocenters. The number of carbonyl (C=O) groups is 1. The summed E-state index contributed by atoms with van der Waals surface area (Å²) >= 11 is 0. The highest BCUT2D eigenvalue weighted by molar-refractivity contribution is 5.78. The largest absolute Gasteiger partial charge is 0.497 e. The Morgan fingerprint density at radius 3 is 2.73 bits per heavy atom. The molecule has 0 N–H and O–H groups in total. The molecular weight excluding hydrogens is 385 g/mol. The Kier molecular flexibility index (Phi) is 6.91. The smallest absolute Gasteiger partial charge is 0.236 e. The lowest BCUT2D eigenvalue weighted by molar-refractivity contribution is -0.134. The summed E-state index contributed by atoms with van der Waals surface area (Å²) in [5, 5.41) is 0. The average Bonchev–Trinajstić information content (AvgIpc) is 3.19. The summed E-state index contributed by atoms with van der Waals surface area (Å²) in [6.45, 7) is 6.17. The second-order valence-corrected chi connectivity index (χ2v) is 9.02. The van der Waals surface area contributed by atoms with Gasteiger partial charge in [0.05, 0.1) is 26.9 Å². The number of piperidine rings is 1. The molecular formula is C23H34FN3O3. The molecule has 1 aromatic rings. The average molecular weight is 420 g/mol. The van der Waals surface area contributed by atoms with Crippen LogP contribution in [-0.2, 0) is 16.1 Å². The first kappa shape index (κ1) is 21.5. The van der Waals surface area contributed by atoms with Gasteiger partial charge in [0.1, 0.15) is 11.6 Å². The molecule has 2 saturated heterocycles. The molecule has 0 unspecified atom stereocenters. The Hall–Kier alpha value is -1.70. The molecule has 0 spiro atoms. The maximum Gasteiger partial charge on any atom is 0.236 e. The SMILES string of the molecule is COc1ccc(F)c(CN2CC[C@@H]3C[C@H](N(C)C(=O)CN4CCOCC4)C[C@@H]3C2)c1. The van der Waals surface area contributed by atoms with Crippen molar-refractivity contribution in [1.29, 1.82) is 0 Å². The van der Waals surface area contributed by atoms with Crippen LogP contribution < -0.4 is 4.74 Å². The van der Waals surface area contributed by atoms with Gasteiger partial charge in [-0.1, -0.05) is 0 Å². The summed E-state index contributed by atoms with van der Waals surface area (Å²) < 4.78 is 24.9. The molecule has 0 bridgehead atoms. The molecule has 7 heteroatoms. The number of nitrogens with zero attached hydrogens (tertiary/aromatic N) is 3. The van der Waals surface area contributed by atoms with Crippen LogP contribution in [0.2, 0.25) is 0 Å². The van der Waals surface area contributed by atoms with Gasteiger partial charge in [0.25, 0.3) is 0 Å². The third-order valence-electron chi connectivity index (χ3n) is 7.18. The van der Waals surface area contributed by atoms with E-state index in [2.05, 4.69) is 9.80 Å². The minimum absolute atomic E-state index is 0.171. The van der Waals surface area contributed by atoms with E-state index in [0.717, 1.165) is 45.4 Å². The van der Waals surface area contributed by atoms with E-state index in [0.29, 0.717) is 55.5 Å². The fraction of sp³-hybridized carbons (Fsp3) is 0.696. The second-order valence-electron chi connectivity index (χ2n) is 9.02. The molecule has 1 amide bonds. The number of amides is 1. The molecule has 6 nitrogen and oxygen atoms in total. The molecule has 1 saturated carbocycles. The van der Waals surface area contributed by atoms with Gasteiger partial charge in [0, 0.05) is 44.8 Å². The maximum atomic E-state index is 14.2. The number of methoxy groups -OCH3 is 1. The van der Waals surface area contributed by atoms with E-state index < -0.39 is 0 Å². The number of likely N-dealkylation sites (tertiary alicyclic amines) is 1. The van der Waals surface area contributed by atoms with Crippen LogP contribution in [0.1, 0.15) is 24.8 Å². The fourth-order valence-corrected chi connectivity index (χ4v) is 5.29. The molecule has 0 aromatic heterocycles. The van der Waals surface area contributed by atoms with E-state index in [1.807, 2.05) is 11.9 Å². The van der Waals surface area contributed by atoms with Crippen LogP contribution in [-0.4, -0.2) is 86.7 Å². The Bertz CT molecular complexity index is 740. The lowest BCUT2D eigenvalue weighted by Gasteiger charge is -2.35. The van der Waals surface area contributed by atoms with Crippen molar-refractivity contribution < 1.29 is 18.7 Å². The van der Waals surface area contributed by atoms with Gasteiger partial charge in [-0.15, -0.1) is 0 Å². The minimum Gasteiger partial charge on any atom is -0.497 e. The van der Waals surface area contributed by atoms with Gasteiger partial charge < -0.3 is 14.4 Å². The Morgan fingerprint density at radius 1 is 1.20 bits per heavy atom. The third-order valence-corrected chi connectivity index (χ3v) is 7.18. The summed E-state index contributed by atoms with van der Waals surface area (Å²) in [4.78, 5) is 19.3. The molecule has 166 valence electrons. The van der Waals surface area contributed by atoms with Crippen LogP contribution in [0, 0.1) is 17.7 Å². The van der Waals surface area contributed by atoms with Gasteiger partial charge >= 0.3 is 0 Å². The highest BCUT2D eigenvalue weighted by Gasteiger charge is 2.40. The Labute approximate surface area is 178 Å². The first-order valence-corrected chi connectivity index (χ1v) is 11.1. The zero-order valence-electron chi connectivity index (χ0n) is 18.2. The zero-order chi connectivity index (χ0) is 21.1. The van der Waals surface area contributed by atoms with E-state index >= 15 is 0 Å². The van der Waals surface area contributed by atoms with Crippen LogP contribution in [0.25, 0.3) is 0 Å². The topological polar surface area (TPSA) is 45.2 Å². The van der Waals surface area contributed by atoms with E-state index in [4.69, 9.17) is 9.47 Å². The lowest BCUT2D eigenvalue weighted by atomic mass is 9.88. The van der Waals surface area contributed by atoms with Crippen LogP contribution in [0.15, 0.2) is 18.2 Å². The fourth-order valence-electron chi connectivity index (χ4n) is 5.29. The second kappa shape index (κ2) is 9.62. The van der Waals surface area contributed by atoms with E-state index in [-0.39, 0.29) is 11.7 Å². The van der Waals surface area contributed by atoms with Crippen molar-refractivity contribution in [2.75, 3.05) is 60.1 Å². The first-order valence-electron chi connectivity index (χ1n) is 11.1. The summed E-state index contributed by atoms with van der Waals surface area (Å²) in [7, 11) is 3.58. The van der Waals surface area contributed by atoms with Gasteiger partial charge in [-0.3, -0.25) is 14.6 Å². The molecule has 3 fully saturated rings. The van der Waals surface area contributed by atoms with Crippen molar-refractivity contribution >= 4 is 5.91 Å². The number of ether oxygens (including phenoxy) is 2. The molecule has 2 heterocycles. The van der Waals surface area contributed by atoms with Gasteiger partial charge in [0.15, 0.2) is 0 Å². The summed E-state index contributed by atoms with van der Waals surface area (Å²) in [5.74, 6) is 1.99. The minimum atomic E-state index is -0.171. The van der Waals surface area contributed by atoms with E-state index in [1.54, 1.807) is 19.2 Å². The molecule has 0 radical (unpaired) electrons. The molecule has 4 rings (SSSR count). The monoisotopic (exact) mass is 419 g/mol. The number of carbonyl (C=O) groups excluding carboxylic acids is 1. The van der Waals surface area contributed by atoms with Gasteiger partial charge in [-0.25, -0.2) is 4.39 Å². The predicted octanol–water partition coefficient (Wildman–Crippen LogP) is 2.23. The lowest BCUT2D eigenvalue weighted by Crippen LogP contribution is -2.46. The number of halogens is 1. The Morgan fingerprint density at radius 2 is 1.97 bits per heavy atom. The van der Waals surface area contributed by atoms with Crippen molar-refractivity contribution in [2.24, 2.45) is 11.8 Å². The predicted molar refractivity (Wildman–Crippen MR) is 113 cm³/mol. The third kappa shape index (κ3) is 4.95. The number of fused-ring (bicyclic) bond motifs is 1. The van der Waals surface area contributed by atoms with Crippen molar-refractivity contribution in [3.05, 3.63) is 29.6 Å². The highest BCUT2D eigenvalue weighted by Crippen LogP contribution is 2.40. The molecule has 30 heavy (non-hydrogen) atoms. The van der Waals surface area contributed by atoms with E-state index in [9.17, 15) is 9.18 Å². The number of morpholine rings is 1. The van der Waals surface area contributed by atoms with Crippen molar-refractivity contribution in [3.63, 3.8) is 0 Å². The van der Waals surface area contributed by atoms with Gasteiger partial charge in [-0.2, -0.15) is 0 Å². The standard InChI is InChI=1S/C23H34FN3O3/c1-25(23(28)16-26-7-9-30-10-8-26)20-11-17-5-6-27(14-18(17)12-20)15-19-13-21(29-2)3-4-22(19)24/h3-4,13,17-18,20H,5-12,14-16H2,1-2H3/t17-,18-,20+/m1/s1. The Balaban J connectivity index is 1.30. The van der Waals surface area contributed by atoms with Crippen LogP contribution in [0.3, 0.4) is 0 Å². The summed E-state index contributed by atoms with van der Waals surface area (Å²) in [6.07, 6.45) is 3.27. The van der Waals surface area contributed by atoms with Crippen molar-refractivity contribution in [1.82, 2.24) is 14.7 Å². The van der Waals surface area contributed by atoms with Crippen molar-refractivity contribution in [3.8, 4) is 5.75 Å². The number of hydrogen-bond acceptors (Lipinski definition) is 5. The molecule has 3 aliphatic rings. The highest BCUT2D eigenvalue weighted by atomic mass is 19.1. The number of rotatable bonds is 6. The zero-order valence-corrected chi connectivity index (χ0v) is 18.2. The summed E-state index contributed by atoms with van der Waals surface area (Å²) in [6, 6.07) is 5.27. The molecule has 1 aromatic carbocycles. The number of likely N-dealkylation sites (N-methyl/N-ethyl adjacent to an activating group) is 1. The van der Waals surface area contributed by atoms with Crippen LogP contribution >= 0.6 is 0 Å². The van der Waals surface area contributed by atoms with Crippen LogP contribution in [0.5, 0.6) is 5.75 Å². The summed E-state index contributed by atoms with van der Waals surface area (Å²) in [5.41, 5.74) is 0.695. The normalized spacial score (nSPS) is 27.6. The van der Waals surface area contributed by atoms with Gasteiger partial charge in [0.2, 0.25) is 5.91 Å². The first-order chi connectivity index (χ1) is 14.5. The number of hydrogen-bond donors (Lipinski definition) is 0.